The van der Waals surface area contributed by atoms with Gasteiger partial charge in [0.2, 0.25) is 10.0 Å². The van der Waals surface area contributed by atoms with E-state index in [-0.39, 0.29) is 13.2 Å². The maximum absolute atomic E-state index is 11.5. The lowest BCUT2D eigenvalue weighted by Gasteiger charge is -2.27. The number of hydrogen-bond acceptors (Lipinski definition) is 7. The second kappa shape index (κ2) is 10.8. The van der Waals surface area contributed by atoms with Crippen molar-refractivity contribution in [2.75, 3.05) is 23.5 Å². The van der Waals surface area contributed by atoms with E-state index in [9.17, 15) is 13.7 Å². The molecule has 1 aromatic heterocycles. The number of aromatic nitrogens is 1. The molecule has 180 valence electrons. The maximum Gasteiger partial charge on any atom is 0.230 e. The van der Waals surface area contributed by atoms with Crippen LogP contribution in [0.25, 0.3) is 0 Å². The van der Waals surface area contributed by atoms with Crippen molar-refractivity contribution in [1.29, 1.82) is 5.26 Å². The van der Waals surface area contributed by atoms with Gasteiger partial charge < -0.3 is 9.47 Å². The molecule has 3 rings (SSSR count). The number of nitriles is 1. The van der Waals surface area contributed by atoms with E-state index >= 15 is 0 Å². The molecule has 1 N–H and O–H groups in total. The average molecular weight is 540 g/mol. The molecule has 0 aliphatic heterocycles. The lowest BCUT2D eigenvalue weighted by molar-refractivity contribution is 0.302. The van der Waals surface area contributed by atoms with Crippen molar-refractivity contribution in [1.82, 2.24) is 4.98 Å². The Morgan fingerprint density at radius 1 is 1.18 bits per heavy atom. The largest absolute Gasteiger partial charge is 0.489 e. The number of rotatable bonds is 10. The predicted molar refractivity (Wildman–Crippen MR) is 136 cm³/mol. The zero-order chi connectivity index (χ0) is 24.9. The summed E-state index contributed by atoms with van der Waals surface area (Å²) in [6.45, 7) is 4.45. The first-order chi connectivity index (χ1) is 16.0. The fourth-order valence-electron chi connectivity index (χ4n) is 3.23. The third-order valence-corrected chi connectivity index (χ3v) is 7.00. The van der Waals surface area contributed by atoms with E-state index in [2.05, 4.69) is 15.8 Å². The van der Waals surface area contributed by atoms with Crippen molar-refractivity contribution >= 4 is 49.6 Å². The molecule has 0 spiro atoms. The van der Waals surface area contributed by atoms with E-state index in [1.165, 1.54) is 11.3 Å². The van der Waals surface area contributed by atoms with Crippen molar-refractivity contribution in [2.45, 2.75) is 25.9 Å². The molecule has 0 radical (unpaired) electrons. The Balaban J connectivity index is 1.77. The molecule has 0 fully saturated rings. The van der Waals surface area contributed by atoms with E-state index in [0.29, 0.717) is 38.7 Å². The number of nitrogens with zero attached hydrogens (tertiary/aromatic N) is 2. The molecule has 0 bridgehead atoms. The lowest BCUT2D eigenvalue weighted by atomic mass is 9.77. The number of thiazole rings is 1. The standard InChI is InChI=1S/C23H23Cl2N3O4S2/c1-23(2,17-10-15(12-26)21(19(25)11-17)31-9-8-24)16-4-6-18(7-5-16)32-13-20-22(33-14-27-20)28-34(3,29)30/h4-7,10-11,14,28H,8-9,13H2,1-3H3. The zero-order valence-corrected chi connectivity index (χ0v) is 21.9. The Morgan fingerprint density at radius 2 is 1.88 bits per heavy atom. The van der Waals surface area contributed by atoms with Crippen LogP contribution in [0, 0.1) is 11.3 Å². The van der Waals surface area contributed by atoms with Crippen molar-refractivity contribution in [3.63, 3.8) is 0 Å². The van der Waals surface area contributed by atoms with Gasteiger partial charge in [0.05, 0.1) is 28.2 Å². The van der Waals surface area contributed by atoms with Crippen molar-refractivity contribution in [3.8, 4) is 17.6 Å². The fourth-order valence-corrected chi connectivity index (χ4v) is 5.22. The van der Waals surface area contributed by atoms with E-state index in [4.69, 9.17) is 32.7 Å². The summed E-state index contributed by atoms with van der Waals surface area (Å²) < 4.78 is 36.8. The van der Waals surface area contributed by atoms with Crippen molar-refractivity contribution < 1.29 is 17.9 Å². The third kappa shape index (κ3) is 6.33. The van der Waals surface area contributed by atoms with Crippen LogP contribution in [0.3, 0.4) is 0 Å². The maximum atomic E-state index is 11.5. The number of ether oxygens (including phenoxy) is 2. The number of nitrogens with one attached hydrogen (secondary N) is 1. The van der Waals surface area contributed by atoms with Crippen LogP contribution >= 0.6 is 34.5 Å². The monoisotopic (exact) mass is 539 g/mol. The quantitative estimate of drug-likeness (QED) is 0.338. The minimum atomic E-state index is -3.40. The first-order valence-corrected chi connectivity index (χ1v) is 13.8. The minimum absolute atomic E-state index is 0.120. The molecule has 0 atom stereocenters. The van der Waals surface area contributed by atoms with Gasteiger partial charge in [-0.05, 0) is 35.4 Å². The summed E-state index contributed by atoms with van der Waals surface area (Å²) in [6, 6.07) is 13.3. The Bertz CT molecular complexity index is 1300. The molecular formula is C23H23Cl2N3O4S2. The number of halogens is 2. The zero-order valence-electron chi connectivity index (χ0n) is 18.8. The van der Waals surface area contributed by atoms with Crippen molar-refractivity contribution in [2.24, 2.45) is 0 Å². The summed E-state index contributed by atoms with van der Waals surface area (Å²) in [5, 5.41) is 10.4. The van der Waals surface area contributed by atoms with Crippen LogP contribution in [0.15, 0.2) is 41.9 Å². The van der Waals surface area contributed by atoms with Gasteiger partial charge in [0, 0.05) is 5.41 Å². The number of alkyl halides is 1. The van der Waals surface area contributed by atoms with Gasteiger partial charge in [-0.1, -0.05) is 37.6 Å². The first-order valence-electron chi connectivity index (χ1n) is 10.1. The molecule has 2 aromatic carbocycles. The number of sulfonamides is 1. The summed E-state index contributed by atoms with van der Waals surface area (Å²) in [5.41, 5.74) is 3.81. The Labute approximate surface area is 213 Å². The summed E-state index contributed by atoms with van der Waals surface area (Å²) in [6.07, 6.45) is 1.09. The molecule has 3 aromatic rings. The van der Waals surface area contributed by atoms with Crippen LogP contribution < -0.4 is 14.2 Å². The highest BCUT2D eigenvalue weighted by Gasteiger charge is 2.26. The second-order valence-corrected chi connectivity index (χ2v) is 11.3. The topological polar surface area (TPSA) is 101 Å². The highest BCUT2D eigenvalue weighted by molar-refractivity contribution is 7.92. The number of anilines is 1. The summed E-state index contributed by atoms with van der Waals surface area (Å²) in [7, 11) is -3.40. The highest BCUT2D eigenvalue weighted by atomic mass is 35.5. The van der Waals surface area contributed by atoms with Crippen LogP contribution in [0.4, 0.5) is 5.00 Å². The van der Waals surface area contributed by atoms with Gasteiger partial charge in [-0.15, -0.1) is 22.9 Å². The van der Waals surface area contributed by atoms with E-state index in [1.807, 2.05) is 38.1 Å². The molecule has 0 amide bonds. The summed E-state index contributed by atoms with van der Waals surface area (Å²) >= 11 is 13.3. The van der Waals surface area contributed by atoms with Gasteiger partial charge in [0.1, 0.15) is 35.7 Å². The van der Waals surface area contributed by atoms with E-state index in [0.717, 1.165) is 17.4 Å². The molecule has 34 heavy (non-hydrogen) atoms. The van der Waals surface area contributed by atoms with Crippen LogP contribution in [0.1, 0.15) is 36.2 Å². The van der Waals surface area contributed by atoms with Crippen LogP contribution in [0.2, 0.25) is 5.02 Å². The minimum Gasteiger partial charge on any atom is -0.489 e. The smallest absolute Gasteiger partial charge is 0.230 e. The molecule has 11 heteroatoms. The van der Waals surface area contributed by atoms with Crippen LogP contribution in [-0.4, -0.2) is 32.1 Å². The van der Waals surface area contributed by atoms with Gasteiger partial charge in [0.15, 0.2) is 5.75 Å². The molecule has 0 aliphatic rings. The van der Waals surface area contributed by atoms with Crippen LogP contribution in [-0.2, 0) is 22.0 Å². The van der Waals surface area contributed by atoms with Crippen LogP contribution in [0.5, 0.6) is 11.5 Å². The SMILES string of the molecule is CC(C)(c1ccc(OCc2ncsc2NS(C)(=O)=O)cc1)c1cc(Cl)c(OCCCl)c(C#N)c1. The molecular weight excluding hydrogens is 517 g/mol. The molecule has 1 heterocycles. The van der Waals surface area contributed by atoms with Crippen molar-refractivity contribution in [3.05, 3.63) is 69.3 Å². The normalized spacial score (nSPS) is 11.6. The molecule has 0 aliphatic carbocycles. The number of hydrogen-bond donors (Lipinski definition) is 1. The van der Waals surface area contributed by atoms with E-state index < -0.39 is 15.4 Å². The molecule has 0 saturated heterocycles. The Kier molecular flexibility index (Phi) is 8.31. The van der Waals surface area contributed by atoms with Gasteiger partial charge in [0.25, 0.3) is 0 Å². The number of benzene rings is 2. The third-order valence-electron chi connectivity index (χ3n) is 5.08. The Morgan fingerprint density at radius 3 is 2.50 bits per heavy atom. The molecule has 0 saturated carbocycles. The average Bonchev–Trinajstić information content (AvgIpc) is 3.21. The van der Waals surface area contributed by atoms with Gasteiger partial charge in [-0.25, -0.2) is 13.4 Å². The van der Waals surface area contributed by atoms with Gasteiger partial charge in [-0.2, -0.15) is 5.26 Å². The molecule has 0 unspecified atom stereocenters. The van der Waals surface area contributed by atoms with Gasteiger partial charge >= 0.3 is 0 Å². The van der Waals surface area contributed by atoms with Gasteiger partial charge in [-0.3, -0.25) is 4.72 Å². The summed E-state index contributed by atoms with van der Waals surface area (Å²) in [5.74, 6) is 1.24. The Hall–Kier alpha value is -2.51. The summed E-state index contributed by atoms with van der Waals surface area (Å²) in [4.78, 5) is 4.17. The second-order valence-electron chi connectivity index (χ2n) is 7.92. The lowest BCUT2D eigenvalue weighted by Crippen LogP contribution is -2.19. The van der Waals surface area contributed by atoms with E-state index in [1.54, 1.807) is 17.6 Å². The molecule has 7 nitrogen and oxygen atoms in total. The first kappa shape index (κ1) is 26.1. The predicted octanol–water partition coefficient (Wildman–Crippen LogP) is 5.56. The fraction of sp³-hybridized carbons (Fsp3) is 0.304. The highest BCUT2D eigenvalue weighted by Crippen LogP contribution is 2.38.